The zero-order valence-electron chi connectivity index (χ0n) is 31.9. The molecule has 0 saturated carbocycles. The van der Waals surface area contributed by atoms with E-state index in [0.29, 0.717) is 55.1 Å². The van der Waals surface area contributed by atoms with Crippen molar-refractivity contribution in [1.29, 1.82) is 0 Å². The fraction of sp³-hybridized carbons (Fsp3) is 0.571. The van der Waals surface area contributed by atoms with E-state index in [2.05, 4.69) is 5.32 Å². The lowest BCUT2D eigenvalue weighted by Crippen LogP contribution is -2.28. The lowest BCUT2D eigenvalue weighted by atomic mass is 9.95. The minimum Gasteiger partial charge on any atom is -0.493 e. The van der Waals surface area contributed by atoms with Gasteiger partial charge in [-0.05, 0) is 86.3 Å². The smallest absolute Gasteiger partial charge is 0.330 e. The highest BCUT2D eigenvalue weighted by Crippen LogP contribution is 2.50. The van der Waals surface area contributed by atoms with Crippen LogP contribution in [0.3, 0.4) is 0 Å². The third kappa shape index (κ3) is 12.3. The highest BCUT2D eigenvalue weighted by Gasteiger charge is 2.30. The van der Waals surface area contributed by atoms with E-state index < -0.39 is 0 Å². The molecule has 1 aliphatic carbocycles. The Hall–Kier alpha value is -4.54. The molecule has 0 aromatic heterocycles. The summed E-state index contributed by atoms with van der Waals surface area (Å²) in [5.74, 6) is 1.29. The molecule has 2 aromatic carbocycles. The number of fused-ring (bicyclic) bond motifs is 3. The van der Waals surface area contributed by atoms with Gasteiger partial charge in [0.1, 0.15) is 6.10 Å². The number of unbranched alkanes of at least 4 members (excludes halogenated alkanes) is 9. The standard InChI is InChI=1S/C42H57NO10/c1-48-35-25-23-31-32(28-34(35)44)33(24-22-29-27-36(49-2)41(50-3)42(51-4)40(29)31)43-37(45)19-13-9-7-5-6-8-10-14-20-38(46)52-26-15-11-12-17-30-18-16-21-39(47)53-30/h16,21,23,25,27-28,30,33H,5-15,17-20,22,24,26H2,1-4H3,(H,43,45)/t30-,33+/m1/s1. The lowest BCUT2D eigenvalue weighted by Gasteiger charge is -2.20. The van der Waals surface area contributed by atoms with E-state index in [0.717, 1.165) is 100 Å². The third-order valence-electron chi connectivity index (χ3n) is 9.96. The van der Waals surface area contributed by atoms with E-state index in [4.69, 9.17) is 28.4 Å². The normalized spacial score (nSPS) is 16.0. The maximum absolute atomic E-state index is 13.2. The summed E-state index contributed by atoms with van der Waals surface area (Å²) in [6.45, 7) is 0.443. The summed E-state index contributed by atoms with van der Waals surface area (Å²) in [5, 5.41) is 3.22. The first-order valence-corrected chi connectivity index (χ1v) is 19.2. The van der Waals surface area contributed by atoms with Crippen molar-refractivity contribution in [3.8, 4) is 34.1 Å². The van der Waals surface area contributed by atoms with E-state index in [-0.39, 0.29) is 41.2 Å². The molecule has 1 N–H and O–H groups in total. The number of hydrogen-bond donors (Lipinski definition) is 1. The van der Waals surface area contributed by atoms with Gasteiger partial charge >= 0.3 is 11.9 Å². The Morgan fingerprint density at radius 3 is 2.13 bits per heavy atom. The molecule has 0 unspecified atom stereocenters. The molecule has 0 spiro atoms. The van der Waals surface area contributed by atoms with Crippen molar-refractivity contribution < 1.29 is 42.8 Å². The molecule has 4 rings (SSSR count). The molecule has 0 fully saturated rings. The summed E-state index contributed by atoms with van der Waals surface area (Å²) in [6, 6.07) is 6.62. The van der Waals surface area contributed by atoms with Gasteiger partial charge in [-0.1, -0.05) is 50.7 Å². The summed E-state index contributed by atoms with van der Waals surface area (Å²) >= 11 is 0. The molecule has 1 amide bonds. The van der Waals surface area contributed by atoms with Gasteiger partial charge in [0.15, 0.2) is 17.2 Å². The lowest BCUT2D eigenvalue weighted by molar-refractivity contribution is -0.145. The highest BCUT2D eigenvalue weighted by atomic mass is 16.5. The van der Waals surface area contributed by atoms with Gasteiger partial charge in [-0.2, -0.15) is 0 Å². The molecule has 11 nitrogen and oxygen atoms in total. The Labute approximate surface area is 313 Å². The molecule has 1 aliphatic heterocycles. The summed E-state index contributed by atoms with van der Waals surface area (Å²) in [5.41, 5.74) is 2.98. The fourth-order valence-electron chi connectivity index (χ4n) is 7.15. The van der Waals surface area contributed by atoms with Crippen LogP contribution in [0.25, 0.3) is 11.1 Å². The maximum Gasteiger partial charge on any atom is 0.330 e. The topological polar surface area (TPSA) is 136 Å². The second-order valence-corrected chi connectivity index (χ2v) is 13.7. The van der Waals surface area contributed by atoms with Crippen molar-refractivity contribution in [1.82, 2.24) is 5.32 Å². The van der Waals surface area contributed by atoms with Gasteiger partial charge in [0.2, 0.25) is 17.1 Å². The molecule has 0 saturated heterocycles. The van der Waals surface area contributed by atoms with Gasteiger partial charge in [-0.25, -0.2) is 4.79 Å². The molecular formula is C42H57NO10. The minimum atomic E-state index is -0.382. The number of benzene rings is 1. The van der Waals surface area contributed by atoms with Crippen molar-refractivity contribution in [2.75, 3.05) is 35.0 Å². The van der Waals surface area contributed by atoms with Crippen LogP contribution in [0.4, 0.5) is 0 Å². The summed E-state index contributed by atoms with van der Waals surface area (Å²) in [6.07, 6.45) is 17.6. The summed E-state index contributed by atoms with van der Waals surface area (Å²) in [7, 11) is 6.18. The first-order chi connectivity index (χ1) is 25.8. The van der Waals surface area contributed by atoms with Crippen LogP contribution in [0.5, 0.6) is 23.0 Å². The van der Waals surface area contributed by atoms with Crippen molar-refractivity contribution in [2.45, 2.75) is 121 Å². The molecule has 2 aromatic rings. The van der Waals surface area contributed by atoms with Crippen LogP contribution in [0, 0.1) is 0 Å². The third-order valence-corrected chi connectivity index (χ3v) is 9.96. The van der Waals surface area contributed by atoms with Gasteiger partial charge in [0.05, 0.1) is 41.1 Å². The van der Waals surface area contributed by atoms with Crippen molar-refractivity contribution >= 4 is 17.8 Å². The zero-order valence-corrected chi connectivity index (χ0v) is 31.9. The Bertz CT molecular complexity index is 1620. The van der Waals surface area contributed by atoms with E-state index in [1.807, 2.05) is 18.2 Å². The largest absolute Gasteiger partial charge is 0.493 e. The number of amides is 1. The van der Waals surface area contributed by atoms with Gasteiger partial charge in [0, 0.05) is 30.9 Å². The molecule has 2 aliphatic rings. The summed E-state index contributed by atoms with van der Waals surface area (Å²) < 4.78 is 33.1. The van der Waals surface area contributed by atoms with E-state index >= 15 is 0 Å². The number of esters is 2. The minimum absolute atomic E-state index is 0.0221. The number of ether oxygens (including phenoxy) is 6. The average molecular weight is 736 g/mol. The predicted octanol–water partition coefficient (Wildman–Crippen LogP) is 7.73. The Balaban J connectivity index is 1.14. The number of carbonyl (C=O) groups excluding carboxylic acids is 3. The number of methoxy groups -OCH3 is 4. The number of cyclic esters (lactones) is 1. The van der Waals surface area contributed by atoms with Crippen molar-refractivity contribution in [2.24, 2.45) is 0 Å². The van der Waals surface area contributed by atoms with Gasteiger partial charge in [-0.15, -0.1) is 0 Å². The van der Waals surface area contributed by atoms with E-state index in [1.165, 1.54) is 13.2 Å². The van der Waals surface area contributed by atoms with Gasteiger partial charge in [0.25, 0.3) is 0 Å². The number of aryl methyl sites for hydroxylation is 1. The number of carbonyl (C=O) groups is 3. The van der Waals surface area contributed by atoms with Crippen LogP contribution in [0.15, 0.2) is 41.2 Å². The van der Waals surface area contributed by atoms with Crippen LogP contribution in [-0.2, 0) is 30.3 Å². The molecule has 2 atom stereocenters. The molecule has 0 bridgehead atoms. The van der Waals surface area contributed by atoms with Gasteiger partial charge < -0.3 is 33.7 Å². The van der Waals surface area contributed by atoms with Crippen LogP contribution in [0.2, 0.25) is 0 Å². The Kier molecular flexibility index (Phi) is 17.0. The molecule has 0 radical (unpaired) electrons. The fourth-order valence-corrected chi connectivity index (χ4v) is 7.15. The predicted molar refractivity (Wildman–Crippen MR) is 203 cm³/mol. The van der Waals surface area contributed by atoms with Crippen LogP contribution < -0.4 is 29.7 Å². The monoisotopic (exact) mass is 735 g/mol. The molecule has 53 heavy (non-hydrogen) atoms. The van der Waals surface area contributed by atoms with Crippen LogP contribution in [0.1, 0.15) is 120 Å². The van der Waals surface area contributed by atoms with E-state index in [1.54, 1.807) is 33.5 Å². The molecular weight excluding hydrogens is 678 g/mol. The Morgan fingerprint density at radius 1 is 0.774 bits per heavy atom. The number of nitrogens with one attached hydrogen (secondary N) is 1. The second-order valence-electron chi connectivity index (χ2n) is 13.7. The SMILES string of the molecule is COc1cc2c(c(OC)c1OC)-c1ccc(OC)c(=O)cc1[C@@H](NC(=O)CCCCCCCCCCC(=O)OCCCCC[C@@H]1CC=CC(=O)O1)CC2. The first-order valence-electron chi connectivity index (χ1n) is 19.2. The number of rotatable bonds is 22. The molecule has 11 heteroatoms. The van der Waals surface area contributed by atoms with Crippen LogP contribution >= 0.6 is 0 Å². The highest BCUT2D eigenvalue weighted by molar-refractivity contribution is 5.84. The average Bonchev–Trinajstić information content (AvgIpc) is 3.40. The van der Waals surface area contributed by atoms with Gasteiger partial charge in [-0.3, -0.25) is 14.4 Å². The maximum atomic E-state index is 13.2. The second kappa shape index (κ2) is 21.9. The summed E-state index contributed by atoms with van der Waals surface area (Å²) in [4.78, 5) is 49.7. The number of hydrogen-bond acceptors (Lipinski definition) is 10. The zero-order chi connectivity index (χ0) is 38.0. The first kappa shape index (κ1) is 41.2. The van der Waals surface area contributed by atoms with E-state index in [9.17, 15) is 19.2 Å². The van der Waals surface area contributed by atoms with Crippen molar-refractivity contribution in [3.63, 3.8) is 0 Å². The van der Waals surface area contributed by atoms with Crippen molar-refractivity contribution in [3.05, 3.63) is 57.8 Å². The Morgan fingerprint density at radius 2 is 1.45 bits per heavy atom. The molecule has 290 valence electrons. The van der Waals surface area contributed by atoms with Crippen LogP contribution in [-0.4, -0.2) is 59.0 Å². The quantitative estimate of drug-likeness (QED) is 0.0946. The molecule has 1 heterocycles.